The lowest BCUT2D eigenvalue weighted by atomic mass is 10.1. The zero-order valence-corrected chi connectivity index (χ0v) is 10.6. The zero-order chi connectivity index (χ0) is 12.8. The molecule has 1 unspecified atom stereocenters. The molecule has 1 rings (SSSR count). The first-order chi connectivity index (χ1) is 8.04. The number of ether oxygens (including phenoxy) is 1. The van der Waals surface area contributed by atoms with Crippen LogP contribution in [0, 0.1) is 5.92 Å². The van der Waals surface area contributed by atoms with Crippen LogP contribution in [0.4, 0.5) is 5.69 Å². The average Bonchev–Trinajstić information content (AvgIpc) is 2.30. The summed E-state index contributed by atoms with van der Waals surface area (Å²) < 4.78 is 5.19. The van der Waals surface area contributed by atoms with Crippen LogP contribution in [-0.4, -0.2) is 22.5 Å². The van der Waals surface area contributed by atoms with Gasteiger partial charge >= 0.3 is 0 Å². The predicted octanol–water partition coefficient (Wildman–Crippen LogP) is 1.34. The number of hydrogen-bond acceptors (Lipinski definition) is 4. The molecule has 5 nitrogen and oxygen atoms in total. The number of anilines is 1. The van der Waals surface area contributed by atoms with Crippen LogP contribution < -0.4 is 15.8 Å². The van der Waals surface area contributed by atoms with Gasteiger partial charge in [-0.05, 0) is 19.9 Å². The fourth-order valence-electron chi connectivity index (χ4n) is 1.07. The highest BCUT2D eigenvalue weighted by molar-refractivity contribution is 7.80. The van der Waals surface area contributed by atoms with Crippen molar-refractivity contribution in [3.05, 3.63) is 18.3 Å². The van der Waals surface area contributed by atoms with Gasteiger partial charge in [-0.15, -0.1) is 0 Å². The molecule has 0 aliphatic carbocycles. The van der Waals surface area contributed by atoms with Gasteiger partial charge in [0, 0.05) is 6.07 Å². The van der Waals surface area contributed by atoms with Crippen molar-refractivity contribution in [2.75, 3.05) is 11.9 Å². The molecule has 92 valence electrons. The van der Waals surface area contributed by atoms with E-state index in [0.29, 0.717) is 18.2 Å². The van der Waals surface area contributed by atoms with Gasteiger partial charge in [0.1, 0.15) is 0 Å². The number of thiocarbonyl (C=S) groups is 1. The number of nitrogens with zero attached hydrogens (tertiary/aromatic N) is 1. The highest BCUT2D eigenvalue weighted by atomic mass is 32.1. The maximum atomic E-state index is 11.6. The van der Waals surface area contributed by atoms with Crippen LogP contribution in [0.5, 0.6) is 5.88 Å². The Bertz CT molecular complexity index is 406. The molecule has 1 atom stereocenters. The number of aromatic nitrogens is 1. The minimum atomic E-state index is -0.503. The van der Waals surface area contributed by atoms with Crippen LogP contribution in [0.15, 0.2) is 18.3 Å². The second kappa shape index (κ2) is 6.15. The summed E-state index contributed by atoms with van der Waals surface area (Å²) in [6.07, 6.45) is 1.52. The Hall–Kier alpha value is -1.69. The standard InChI is InChI=1S/C11H15N3O2S/c1-3-16-9-5-4-8(6-13-9)14-11(15)7(2)10(12)17/h4-7H,3H2,1-2H3,(H2,12,17)(H,14,15). The molecule has 0 saturated heterocycles. The van der Waals surface area contributed by atoms with Gasteiger partial charge in [0.25, 0.3) is 0 Å². The van der Waals surface area contributed by atoms with E-state index >= 15 is 0 Å². The molecule has 1 heterocycles. The largest absolute Gasteiger partial charge is 0.478 e. The maximum absolute atomic E-state index is 11.6. The van der Waals surface area contributed by atoms with E-state index in [1.165, 1.54) is 6.20 Å². The second-order valence-electron chi connectivity index (χ2n) is 3.43. The number of pyridine rings is 1. The van der Waals surface area contributed by atoms with Crippen molar-refractivity contribution < 1.29 is 9.53 Å². The fourth-order valence-corrected chi connectivity index (χ4v) is 1.17. The first-order valence-corrected chi connectivity index (χ1v) is 5.64. The molecule has 0 aromatic carbocycles. The molecule has 3 N–H and O–H groups in total. The lowest BCUT2D eigenvalue weighted by Gasteiger charge is -2.10. The van der Waals surface area contributed by atoms with Gasteiger partial charge in [0.2, 0.25) is 11.8 Å². The van der Waals surface area contributed by atoms with Crippen molar-refractivity contribution in [2.24, 2.45) is 11.7 Å². The molecule has 0 aliphatic heterocycles. The van der Waals surface area contributed by atoms with Crippen molar-refractivity contribution in [1.82, 2.24) is 4.98 Å². The van der Waals surface area contributed by atoms with E-state index < -0.39 is 5.92 Å². The van der Waals surface area contributed by atoms with Gasteiger partial charge in [-0.1, -0.05) is 12.2 Å². The van der Waals surface area contributed by atoms with Crippen molar-refractivity contribution >= 4 is 28.8 Å². The van der Waals surface area contributed by atoms with E-state index in [1.807, 2.05) is 6.92 Å². The number of hydrogen-bond donors (Lipinski definition) is 2. The van der Waals surface area contributed by atoms with Gasteiger partial charge in [-0.25, -0.2) is 4.98 Å². The third kappa shape index (κ3) is 3.99. The number of nitrogens with one attached hydrogen (secondary N) is 1. The summed E-state index contributed by atoms with van der Waals surface area (Å²) in [6, 6.07) is 3.40. The number of amides is 1. The predicted molar refractivity (Wildman–Crippen MR) is 70.0 cm³/mol. The van der Waals surface area contributed by atoms with Gasteiger partial charge in [-0.2, -0.15) is 0 Å². The SMILES string of the molecule is CCOc1ccc(NC(=O)C(C)C(N)=S)cn1. The fraction of sp³-hybridized carbons (Fsp3) is 0.364. The molecule has 0 aliphatic rings. The summed E-state index contributed by atoms with van der Waals surface area (Å²) in [6.45, 7) is 4.08. The minimum Gasteiger partial charge on any atom is -0.478 e. The van der Waals surface area contributed by atoms with E-state index in [9.17, 15) is 4.79 Å². The van der Waals surface area contributed by atoms with Crippen molar-refractivity contribution in [2.45, 2.75) is 13.8 Å². The molecule has 1 amide bonds. The van der Waals surface area contributed by atoms with Crippen LogP contribution >= 0.6 is 12.2 Å². The third-order valence-corrected chi connectivity index (χ3v) is 2.47. The molecular weight excluding hydrogens is 238 g/mol. The Morgan fingerprint density at radius 1 is 1.65 bits per heavy atom. The molecule has 0 saturated carbocycles. The smallest absolute Gasteiger partial charge is 0.234 e. The summed E-state index contributed by atoms with van der Waals surface area (Å²) in [5.41, 5.74) is 5.97. The zero-order valence-electron chi connectivity index (χ0n) is 9.77. The van der Waals surface area contributed by atoms with E-state index in [2.05, 4.69) is 10.3 Å². The summed E-state index contributed by atoms with van der Waals surface area (Å²) in [4.78, 5) is 15.8. The van der Waals surface area contributed by atoms with Crippen LogP contribution in [0.2, 0.25) is 0 Å². The maximum Gasteiger partial charge on any atom is 0.234 e. The quantitative estimate of drug-likeness (QED) is 0.774. The Balaban J connectivity index is 2.63. The molecule has 1 aromatic rings. The van der Waals surface area contributed by atoms with Gasteiger partial charge in [0.05, 0.1) is 29.4 Å². The Morgan fingerprint density at radius 3 is 2.82 bits per heavy atom. The molecule has 1 aromatic heterocycles. The summed E-state index contributed by atoms with van der Waals surface area (Å²) in [7, 11) is 0. The summed E-state index contributed by atoms with van der Waals surface area (Å²) in [5.74, 6) is -0.229. The minimum absolute atomic E-state index is 0.168. The van der Waals surface area contributed by atoms with Crippen LogP contribution in [0.3, 0.4) is 0 Å². The van der Waals surface area contributed by atoms with E-state index in [-0.39, 0.29) is 10.9 Å². The normalized spacial score (nSPS) is 11.6. The van der Waals surface area contributed by atoms with Crippen molar-refractivity contribution in [3.8, 4) is 5.88 Å². The van der Waals surface area contributed by atoms with Crippen LogP contribution in [0.25, 0.3) is 0 Å². The van der Waals surface area contributed by atoms with Crippen LogP contribution in [0.1, 0.15) is 13.8 Å². The van der Waals surface area contributed by atoms with Gasteiger partial charge in [0.15, 0.2) is 0 Å². The molecular formula is C11H15N3O2S. The topological polar surface area (TPSA) is 77.2 Å². The van der Waals surface area contributed by atoms with E-state index in [4.69, 9.17) is 22.7 Å². The lowest BCUT2D eigenvalue weighted by Crippen LogP contribution is -2.30. The Labute approximate surface area is 105 Å². The molecule has 0 spiro atoms. The number of carbonyl (C=O) groups is 1. The van der Waals surface area contributed by atoms with Crippen molar-refractivity contribution in [3.63, 3.8) is 0 Å². The average molecular weight is 253 g/mol. The molecule has 0 radical (unpaired) electrons. The second-order valence-corrected chi connectivity index (χ2v) is 3.90. The molecule has 17 heavy (non-hydrogen) atoms. The number of carbonyl (C=O) groups excluding carboxylic acids is 1. The van der Waals surface area contributed by atoms with Gasteiger partial charge in [-0.3, -0.25) is 4.79 Å². The Kier molecular flexibility index (Phi) is 4.84. The van der Waals surface area contributed by atoms with Crippen molar-refractivity contribution in [1.29, 1.82) is 0 Å². The lowest BCUT2D eigenvalue weighted by molar-refractivity contribution is -0.117. The molecule has 0 fully saturated rings. The molecule has 0 bridgehead atoms. The van der Waals surface area contributed by atoms with E-state index in [1.54, 1.807) is 19.1 Å². The Morgan fingerprint density at radius 2 is 2.35 bits per heavy atom. The number of rotatable bonds is 5. The summed E-state index contributed by atoms with van der Waals surface area (Å²) in [5, 5.41) is 2.67. The van der Waals surface area contributed by atoms with E-state index in [0.717, 1.165) is 0 Å². The first kappa shape index (κ1) is 13.4. The third-order valence-electron chi connectivity index (χ3n) is 2.12. The highest BCUT2D eigenvalue weighted by Crippen LogP contribution is 2.12. The molecule has 6 heteroatoms. The van der Waals surface area contributed by atoms with Gasteiger partial charge < -0.3 is 15.8 Å². The highest BCUT2D eigenvalue weighted by Gasteiger charge is 2.15. The van der Waals surface area contributed by atoms with Crippen LogP contribution in [-0.2, 0) is 4.79 Å². The monoisotopic (exact) mass is 253 g/mol. The number of nitrogens with two attached hydrogens (primary N) is 1. The summed E-state index contributed by atoms with van der Waals surface area (Å²) >= 11 is 4.75. The first-order valence-electron chi connectivity index (χ1n) is 5.23.